The molecule has 0 spiro atoms. The van der Waals surface area contributed by atoms with Gasteiger partial charge < -0.3 is 21.3 Å². The van der Waals surface area contributed by atoms with E-state index in [9.17, 15) is 4.79 Å². The average Bonchev–Trinajstić information content (AvgIpc) is 3.90. The lowest BCUT2D eigenvalue weighted by Crippen LogP contribution is -2.60. The molecule has 0 aliphatic carbocycles. The summed E-state index contributed by atoms with van der Waals surface area (Å²) < 4.78 is 0. The van der Waals surface area contributed by atoms with Crippen LogP contribution in [-0.2, 0) is 4.79 Å². The zero-order valence-electron chi connectivity index (χ0n) is 37.9. The van der Waals surface area contributed by atoms with Crippen molar-refractivity contribution < 1.29 is 4.79 Å². The molecule has 324 valence electrons. The Bertz CT molecular complexity index is 2350. The third-order valence-corrected chi connectivity index (χ3v) is 14.6. The summed E-state index contributed by atoms with van der Waals surface area (Å²) in [7, 11) is 0. The maximum Gasteiger partial charge on any atom is 0.223 e. The zero-order chi connectivity index (χ0) is 44.0. The number of carbonyl (C=O) groups is 1. The number of hydrogen-bond acceptors (Lipinski definition) is 11. The van der Waals surface area contributed by atoms with Gasteiger partial charge in [0, 0.05) is 68.2 Å². The van der Waals surface area contributed by atoms with Gasteiger partial charge in [-0.15, -0.1) is 22.7 Å². The first-order valence-corrected chi connectivity index (χ1v) is 23.7. The highest BCUT2D eigenvalue weighted by Gasteiger charge is 2.39. The SMILES string of the molecule is CC(C(=O)C(C)c1cccc(-c2ccc(-c3ccnc(NC4CC(C)(C)NC(C)(C)C4)n3)s2)c1)c1cccc(-c2ccc(-c3ccnc(NC4CC(C)(C)NC(C)(C)C4)n3)s2)c1. The molecule has 6 heterocycles. The lowest BCUT2D eigenvalue weighted by atomic mass is 9.79. The summed E-state index contributed by atoms with van der Waals surface area (Å²) in [5.41, 5.74) is 6.14. The van der Waals surface area contributed by atoms with Gasteiger partial charge in [-0.3, -0.25) is 4.79 Å². The van der Waals surface area contributed by atoms with E-state index < -0.39 is 0 Å². The third-order valence-electron chi connectivity index (χ3n) is 12.3. The molecule has 4 aromatic heterocycles. The predicted molar refractivity (Wildman–Crippen MR) is 259 cm³/mol. The Morgan fingerprint density at radius 3 is 1.32 bits per heavy atom. The van der Waals surface area contributed by atoms with Gasteiger partial charge in [0.2, 0.25) is 11.9 Å². The second kappa shape index (κ2) is 17.1. The summed E-state index contributed by atoms with van der Waals surface area (Å²) in [6.07, 6.45) is 7.66. The van der Waals surface area contributed by atoms with Crippen molar-refractivity contribution >= 4 is 40.4 Å². The third kappa shape index (κ3) is 10.3. The van der Waals surface area contributed by atoms with Crippen molar-refractivity contribution in [3.8, 4) is 42.0 Å². The van der Waals surface area contributed by atoms with Crippen LogP contribution in [0.5, 0.6) is 0 Å². The topological polar surface area (TPSA) is 117 Å². The molecule has 0 bridgehead atoms. The van der Waals surface area contributed by atoms with Gasteiger partial charge in [-0.2, -0.15) is 0 Å². The molecule has 2 atom stereocenters. The van der Waals surface area contributed by atoms with Crippen molar-refractivity contribution in [3.05, 3.63) is 108 Å². The van der Waals surface area contributed by atoms with Crippen molar-refractivity contribution in [2.45, 2.75) is 141 Å². The smallest absolute Gasteiger partial charge is 0.223 e. The lowest BCUT2D eigenvalue weighted by Gasteiger charge is -2.46. The van der Waals surface area contributed by atoms with E-state index in [1.165, 1.54) is 0 Å². The molecule has 4 N–H and O–H groups in total. The highest BCUT2D eigenvalue weighted by molar-refractivity contribution is 7.19. The van der Waals surface area contributed by atoms with E-state index in [1.807, 2.05) is 38.4 Å². The van der Waals surface area contributed by atoms with Crippen LogP contribution in [0.3, 0.4) is 0 Å². The fourth-order valence-corrected chi connectivity index (χ4v) is 12.2. The van der Waals surface area contributed by atoms with Gasteiger partial charge >= 0.3 is 0 Å². The molecule has 2 fully saturated rings. The first-order chi connectivity index (χ1) is 29.3. The average molecular weight is 867 g/mol. The van der Waals surface area contributed by atoms with Crippen LogP contribution in [-0.4, -0.2) is 60.0 Å². The minimum Gasteiger partial charge on any atom is -0.351 e. The van der Waals surface area contributed by atoms with Crippen molar-refractivity contribution in [2.75, 3.05) is 10.6 Å². The minimum atomic E-state index is -0.274. The van der Waals surface area contributed by atoms with Crippen molar-refractivity contribution in [3.63, 3.8) is 0 Å². The molecule has 6 aromatic rings. The molecular formula is C51H62N8OS2. The Morgan fingerprint density at radius 1 is 0.565 bits per heavy atom. The highest BCUT2D eigenvalue weighted by Crippen LogP contribution is 2.39. The van der Waals surface area contributed by atoms with Gasteiger partial charge in [-0.05, 0) is 152 Å². The maximum atomic E-state index is 14.2. The second-order valence-electron chi connectivity index (χ2n) is 20.2. The first-order valence-electron chi connectivity index (χ1n) is 22.0. The van der Waals surface area contributed by atoms with E-state index in [0.717, 1.165) is 78.8 Å². The minimum absolute atomic E-state index is 0.0290. The van der Waals surface area contributed by atoms with Crippen LogP contribution in [0.25, 0.3) is 42.0 Å². The van der Waals surface area contributed by atoms with Crippen LogP contribution < -0.4 is 21.3 Å². The van der Waals surface area contributed by atoms with E-state index in [2.05, 4.69) is 159 Å². The van der Waals surface area contributed by atoms with Gasteiger partial charge in [0.15, 0.2) is 0 Å². The number of nitrogens with one attached hydrogen (secondary N) is 4. The Labute approximate surface area is 376 Å². The fourth-order valence-electron chi connectivity index (χ4n) is 10.2. The van der Waals surface area contributed by atoms with Gasteiger partial charge in [0.25, 0.3) is 0 Å². The molecular weight excluding hydrogens is 805 g/mol. The number of benzene rings is 2. The number of rotatable bonds is 12. The van der Waals surface area contributed by atoms with Crippen LogP contribution in [0, 0.1) is 0 Å². The van der Waals surface area contributed by atoms with Crippen molar-refractivity contribution in [2.24, 2.45) is 0 Å². The molecule has 0 saturated carbocycles. The Balaban J connectivity index is 0.925. The summed E-state index contributed by atoms with van der Waals surface area (Å²) in [5, 5.41) is 14.8. The van der Waals surface area contributed by atoms with Crippen LogP contribution in [0.4, 0.5) is 11.9 Å². The second-order valence-corrected chi connectivity index (χ2v) is 22.4. The number of anilines is 2. The molecule has 2 unspecified atom stereocenters. The van der Waals surface area contributed by atoms with E-state index >= 15 is 0 Å². The normalized spacial score (nSPS) is 19.4. The number of Topliss-reactive ketones (excluding diaryl/α,β-unsaturated/α-hetero) is 1. The van der Waals surface area contributed by atoms with E-state index in [4.69, 9.17) is 9.97 Å². The Morgan fingerprint density at radius 2 is 0.935 bits per heavy atom. The summed E-state index contributed by atoms with van der Waals surface area (Å²) in [5.74, 6) is 0.973. The lowest BCUT2D eigenvalue weighted by molar-refractivity contribution is -0.121. The molecule has 8 rings (SSSR count). The highest BCUT2D eigenvalue weighted by atomic mass is 32.1. The molecule has 2 aromatic carbocycles. The fraction of sp³-hybridized carbons (Fsp3) is 0.431. The summed E-state index contributed by atoms with van der Waals surface area (Å²) in [4.78, 5) is 37.6. The van der Waals surface area contributed by atoms with Gasteiger partial charge in [0.1, 0.15) is 5.78 Å². The largest absolute Gasteiger partial charge is 0.351 e. The molecule has 2 aliphatic heterocycles. The molecule has 2 aliphatic rings. The first kappa shape index (κ1) is 43.8. The van der Waals surface area contributed by atoms with Gasteiger partial charge in [0.05, 0.1) is 21.1 Å². The van der Waals surface area contributed by atoms with E-state index in [0.29, 0.717) is 11.9 Å². The Hall–Kier alpha value is -4.81. The molecule has 11 heteroatoms. The number of piperidine rings is 2. The standard InChI is InChI=1S/C51H62N8OS2/c1-31(33-13-11-15-35(25-33)41-17-19-43(61-41)39-21-23-52-46(56-39)54-37-27-48(3,4)58-49(5,6)28-37)45(60)32(2)34-14-12-16-36(26-34)42-18-20-44(62-42)40-22-24-53-47(57-40)55-38-29-50(7,8)59-51(9,10)30-38/h11-26,31-32,37-38,58-59H,27-30H2,1-10H3,(H,52,54,56)(H,53,55,57). The Kier molecular flexibility index (Phi) is 12.1. The predicted octanol–water partition coefficient (Wildman–Crippen LogP) is 12.0. The number of carbonyl (C=O) groups excluding carboxylic acids is 1. The van der Waals surface area contributed by atoms with E-state index in [1.54, 1.807) is 22.7 Å². The molecule has 0 amide bonds. The van der Waals surface area contributed by atoms with Crippen LogP contribution in [0.2, 0.25) is 0 Å². The van der Waals surface area contributed by atoms with Gasteiger partial charge in [-0.1, -0.05) is 50.2 Å². The van der Waals surface area contributed by atoms with Gasteiger partial charge in [-0.25, -0.2) is 19.9 Å². The number of hydrogen-bond donors (Lipinski definition) is 4. The number of ketones is 1. The van der Waals surface area contributed by atoms with Crippen LogP contribution in [0.15, 0.2) is 97.3 Å². The van der Waals surface area contributed by atoms with Crippen molar-refractivity contribution in [1.82, 2.24) is 30.6 Å². The summed E-state index contributed by atoms with van der Waals surface area (Å²) in [6, 6.07) is 30.0. The molecule has 9 nitrogen and oxygen atoms in total. The summed E-state index contributed by atoms with van der Waals surface area (Å²) >= 11 is 3.42. The number of thiophene rings is 2. The maximum absolute atomic E-state index is 14.2. The van der Waals surface area contributed by atoms with Crippen molar-refractivity contribution in [1.29, 1.82) is 0 Å². The molecule has 62 heavy (non-hydrogen) atoms. The molecule has 0 radical (unpaired) electrons. The quantitative estimate of drug-likeness (QED) is 0.0954. The summed E-state index contributed by atoms with van der Waals surface area (Å²) in [6.45, 7) is 22.1. The van der Waals surface area contributed by atoms with Crippen LogP contribution >= 0.6 is 22.7 Å². The molecule has 2 saturated heterocycles. The zero-order valence-corrected chi connectivity index (χ0v) is 39.5. The number of aromatic nitrogens is 4. The number of nitrogens with zero attached hydrogens (tertiary/aromatic N) is 4. The van der Waals surface area contributed by atoms with Crippen LogP contribution in [0.1, 0.15) is 118 Å². The monoisotopic (exact) mass is 866 g/mol. The van der Waals surface area contributed by atoms with E-state index in [-0.39, 0.29) is 51.9 Å².